The maximum absolute atomic E-state index is 2.38. The maximum atomic E-state index is 2.38. The molecule has 0 radical (unpaired) electrons. The second-order valence-electron chi connectivity index (χ2n) is 4.57. The number of nitrogens with zero attached hydrogens (tertiary/aromatic N) is 1. The second kappa shape index (κ2) is 3.80. The first-order valence-corrected chi connectivity index (χ1v) is 5.88. The maximum Gasteiger partial charge on any atom is 0.154 e. The van der Waals surface area contributed by atoms with Gasteiger partial charge in [-0.05, 0) is 12.1 Å². The van der Waals surface area contributed by atoms with Gasteiger partial charge in [-0.25, -0.2) is 0 Å². The van der Waals surface area contributed by atoms with E-state index in [-0.39, 0.29) is 0 Å². The van der Waals surface area contributed by atoms with Crippen molar-refractivity contribution in [2.45, 2.75) is 12.6 Å². The lowest BCUT2D eigenvalue weighted by molar-refractivity contribution is -0.910. The number of hydrogen-bond donors (Lipinski definition) is 1. The van der Waals surface area contributed by atoms with Gasteiger partial charge in [0.05, 0.1) is 25.8 Å². The molecule has 0 spiro atoms. The van der Waals surface area contributed by atoms with E-state index in [1.807, 2.05) is 0 Å². The fourth-order valence-corrected chi connectivity index (χ4v) is 2.69. The summed E-state index contributed by atoms with van der Waals surface area (Å²) in [4.78, 5) is 1.58. The molecule has 2 nitrogen and oxygen atoms in total. The molecule has 2 heteroatoms. The minimum absolute atomic E-state index is 0.491. The van der Waals surface area contributed by atoms with Gasteiger partial charge in [0.15, 0.2) is 6.04 Å². The van der Waals surface area contributed by atoms with Crippen molar-refractivity contribution in [1.82, 2.24) is 4.57 Å². The van der Waals surface area contributed by atoms with Crippen LogP contribution in [-0.2, 0) is 6.54 Å². The smallest absolute Gasteiger partial charge is 0.154 e. The Labute approximate surface area is 96.1 Å². The van der Waals surface area contributed by atoms with Gasteiger partial charge >= 0.3 is 0 Å². The quantitative estimate of drug-likeness (QED) is 0.727. The van der Waals surface area contributed by atoms with Crippen LogP contribution in [0.25, 0.3) is 0 Å². The second-order valence-corrected chi connectivity index (χ2v) is 4.57. The molecule has 2 aromatic rings. The zero-order valence-corrected chi connectivity index (χ0v) is 9.56. The van der Waals surface area contributed by atoms with Crippen LogP contribution in [0.4, 0.5) is 0 Å². The first-order chi connectivity index (χ1) is 7.86. The fraction of sp³-hybridized carbons (Fsp3) is 0.286. The molecule has 3 rings (SSSR count). The van der Waals surface area contributed by atoms with Crippen molar-refractivity contribution in [2.24, 2.45) is 0 Å². The van der Waals surface area contributed by atoms with E-state index in [9.17, 15) is 0 Å². The summed E-state index contributed by atoms with van der Waals surface area (Å²) >= 11 is 0. The molecule has 0 saturated heterocycles. The molecule has 1 aromatic heterocycles. The van der Waals surface area contributed by atoms with Crippen LogP contribution < -0.4 is 4.90 Å². The fourth-order valence-electron chi connectivity index (χ4n) is 2.69. The number of likely N-dealkylation sites (N-methyl/N-ethyl adjacent to an activating group) is 1. The van der Waals surface area contributed by atoms with E-state index < -0.39 is 0 Å². The molecule has 1 aliphatic heterocycles. The summed E-state index contributed by atoms with van der Waals surface area (Å²) in [5, 5.41) is 0. The zero-order chi connectivity index (χ0) is 11.0. The third-order valence-corrected chi connectivity index (χ3v) is 3.53. The van der Waals surface area contributed by atoms with Gasteiger partial charge in [-0.3, -0.25) is 0 Å². The molecule has 0 saturated carbocycles. The third kappa shape index (κ3) is 1.46. The van der Waals surface area contributed by atoms with Crippen LogP contribution >= 0.6 is 0 Å². The van der Waals surface area contributed by atoms with E-state index in [1.54, 1.807) is 4.90 Å². The molecule has 0 aliphatic carbocycles. The van der Waals surface area contributed by atoms with Crippen molar-refractivity contribution in [2.75, 3.05) is 13.6 Å². The zero-order valence-electron chi connectivity index (χ0n) is 9.56. The SMILES string of the molecule is C[NH+]1CCn2cccc2[C@H]1c1ccccc1. The summed E-state index contributed by atoms with van der Waals surface area (Å²) in [7, 11) is 2.29. The van der Waals surface area contributed by atoms with E-state index in [0.717, 1.165) is 6.54 Å². The highest BCUT2D eigenvalue weighted by atomic mass is 15.2. The van der Waals surface area contributed by atoms with Crippen molar-refractivity contribution < 1.29 is 4.90 Å². The Hall–Kier alpha value is -1.54. The lowest BCUT2D eigenvalue weighted by Gasteiger charge is -2.31. The van der Waals surface area contributed by atoms with Crippen LogP contribution in [0.15, 0.2) is 48.7 Å². The Kier molecular flexibility index (Phi) is 2.29. The molecular formula is C14H17N2+. The molecule has 1 aromatic carbocycles. The van der Waals surface area contributed by atoms with Gasteiger partial charge in [0.1, 0.15) is 0 Å². The molecule has 1 aliphatic rings. The van der Waals surface area contributed by atoms with Crippen LogP contribution in [-0.4, -0.2) is 18.2 Å². The summed E-state index contributed by atoms with van der Waals surface area (Å²) in [6.07, 6.45) is 2.19. The highest BCUT2D eigenvalue weighted by Gasteiger charge is 2.29. The van der Waals surface area contributed by atoms with Crippen LogP contribution in [0.1, 0.15) is 17.3 Å². The standard InChI is InChI=1S/C14H16N2/c1-15-10-11-16-9-5-8-13(16)14(15)12-6-3-2-4-7-12/h2-9,14H,10-11H2,1H3/p+1/t14-/m1/s1. The van der Waals surface area contributed by atoms with E-state index in [0.29, 0.717) is 6.04 Å². The number of aromatic nitrogens is 1. The summed E-state index contributed by atoms with van der Waals surface area (Å²) in [6, 6.07) is 15.7. The number of quaternary nitrogens is 1. The van der Waals surface area contributed by atoms with E-state index in [2.05, 4.69) is 60.3 Å². The van der Waals surface area contributed by atoms with Crippen molar-refractivity contribution in [3.8, 4) is 0 Å². The van der Waals surface area contributed by atoms with Crippen LogP contribution in [0, 0.1) is 0 Å². The summed E-state index contributed by atoms with van der Waals surface area (Å²) in [6.45, 7) is 2.33. The summed E-state index contributed by atoms with van der Waals surface area (Å²) in [5.74, 6) is 0. The molecule has 0 fully saturated rings. The van der Waals surface area contributed by atoms with Crippen molar-refractivity contribution in [3.05, 3.63) is 59.9 Å². The Morgan fingerprint density at radius 2 is 1.94 bits per heavy atom. The minimum Gasteiger partial charge on any atom is -0.340 e. The molecule has 1 unspecified atom stereocenters. The number of benzene rings is 1. The average Bonchev–Trinajstić information content (AvgIpc) is 2.78. The van der Waals surface area contributed by atoms with Crippen molar-refractivity contribution in [3.63, 3.8) is 0 Å². The molecule has 16 heavy (non-hydrogen) atoms. The normalized spacial score (nSPS) is 24.1. The summed E-state index contributed by atoms with van der Waals surface area (Å²) < 4.78 is 2.38. The van der Waals surface area contributed by atoms with Crippen LogP contribution in [0.3, 0.4) is 0 Å². The highest BCUT2D eigenvalue weighted by molar-refractivity contribution is 5.27. The Morgan fingerprint density at radius 3 is 2.75 bits per heavy atom. The molecular weight excluding hydrogens is 196 g/mol. The largest absolute Gasteiger partial charge is 0.340 e. The Morgan fingerprint density at radius 1 is 1.12 bits per heavy atom. The van der Waals surface area contributed by atoms with E-state index in [1.165, 1.54) is 17.8 Å². The van der Waals surface area contributed by atoms with Gasteiger partial charge < -0.3 is 9.47 Å². The molecule has 0 bridgehead atoms. The van der Waals surface area contributed by atoms with Crippen molar-refractivity contribution >= 4 is 0 Å². The number of hydrogen-bond acceptors (Lipinski definition) is 0. The highest BCUT2D eigenvalue weighted by Crippen LogP contribution is 2.21. The molecule has 0 amide bonds. The van der Waals surface area contributed by atoms with Crippen molar-refractivity contribution in [1.29, 1.82) is 0 Å². The predicted octanol–water partition coefficient (Wildman–Crippen LogP) is 1.11. The first-order valence-electron chi connectivity index (χ1n) is 5.88. The topological polar surface area (TPSA) is 9.37 Å². The summed E-state index contributed by atoms with van der Waals surface area (Å²) in [5.41, 5.74) is 2.86. The minimum atomic E-state index is 0.491. The average molecular weight is 213 g/mol. The Bertz CT molecular complexity index is 472. The van der Waals surface area contributed by atoms with Gasteiger partial charge in [-0.2, -0.15) is 0 Å². The van der Waals surface area contributed by atoms with E-state index in [4.69, 9.17) is 0 Å². The van der Waals surface area contributed by atoms with Gasteiger partial charge in [0, 0.05) is 11.8 Å². The molecule has 2 atom stereocenters. The lowest BCUT2D eigenvalue weighted by Crippen LogP contribution is -3.10. The third-order valence-electron chi connectivity index (χ3n) is 3.53. The first kappa shape index (κ1) is 9.67. The molecule has 82 valence electrons. The molecule has 1 N–H and O–H groups in total. The van der Waals surface area contributed by atoms with Crippen LogP contribution in [0.2, 0.25) is 0 Å². The van der Waals surface area contributed by atoms with Gasteiger partial charge in [0.2, 0.25) is 0 Å². The number of rotatable bonds is 1. The number of nitrogens with one attached hydrogen (secondary N) is 1. The Balaban J connectivity index is 2.08. The molecule has 2 heterocycles. The predicted molar refractivity (Wildman–Crippen MR) is 64.5 cm³/mol. The van der Waals surface area contributed by atoms with Gasteiger partial charge in [-0.1, -0.05) is 30.3 Å². The van der Waals surface area contributed by atoms with Crippen LogP contribution in [0.5, 0.6) is 0 Å². The lowest BCUT2D eigenvalue weighted by atomic mass is 10.0. The monoisotopic (exact) mass is 213 g/mol. The number of fused-ring (bicyclic) bond motifs is 1. The van der Waals surface area contributed by atoms with E-state index >= 15 is 0 Å². The van der Waals surface area contributed by atoms with Gasteiger partial charge in [0.25, 0.3) is 0 Å². The van der Waals surface area contributed by atoms with Gasteiger partial charge in [-0.15, -0.1) is 0 Å².